The molecule has 1 N–H and O–H groups in total. The van der Waals surface area contributed by atoms with Gasteiger partial charge in [0.1, 0.15) is 0 Å². The number of hydrogen-bond acceptors (Lipinski definition) is 2. The first kappa shape index (κ1) is 19.0. The molecule has 0 radical (unpaired) electrons. The standard InChI is InChI=1S/C18H17Cl2F3OS/c19-13-7-12(8-14(20)9-13)17(24,18(21,22)23)6-5-16-15-4-2-1-3-11(15)10-25-16/h7-10,24H,1-6H2. The monoisotopic (exact) mass is 408 g/mol. The smallest absolute Gasteiger partial charge is 0.376 e. The Bertz CT molecular complexity index is 752. The van der Waals surface area contributed by atoms with E-state index >= 15 is 0 Å². The second-order valence-corrected chi connectivity index (χ2v) is 8.22. The zero-order valence-corrected chi connectivity index (χ0v) is 15.6. The maximum absolute atomic E-state index is 13.7. The molecule has 1 heterocycles. The molecule has 1 aromatic heterocycles. The third-order valence-electron chi connectivity index (χ3n) is 4.71. The maximum Gasteiger partial charge on any atom is 0.421 e. The molecule has 2 aromatic rings. The van der Waals surface area contributed by atoms with Crippen molar-refractivity contribution in [3.05, 3.63) is 55.2 Å². The first-order valence-corrected chi connectivity index (χ1v) is 9.68. The van der Waals surface area contributed by atoms with Crippen LogP contribution in [-0.4, -0.2) is 11.3 Å². The molecule has 1 unspecified atom stereocenters. The van der Waals surface area contributed by atoms with Gasteiger partial charge in [-0.2, -0.15) is 13.2 Å². The Kier molecular flexibility index (Phi) is 5.41. The van der Waals surface area contributed by atoms with Gasteiger partial charge in [-0.3, -0.25) is 0 Å². The summed E-state index contributed by atoms with van der Waals surface area (Å²) < 4.78 is 41.1. The molecule has 1 aliphatic rings. The number of thiophene rings is 1. The molecule has 0 aliphatic heterocycles. The lowest BCUT2D eigenvalue weighted by molar-refractivity contribution is -0.269. The van der Waals surface area contributed by atoms with E-state index in [0.717, 1.165) is 42.7 Å². The normalized spacial score (nSPS) is 17.2. The summed E-state index contributed by atoms with van der Waals surface area (Å²) in [5.74, 6) is 0. The maximum atomic E-state index is 13.7. The Morgan fingerprint density at radius 2 is 1.68 bits per heavy atom. The highest BCUT2D eigenvalue weighted by Gasteiger charge is 2.54. The molecular weight excluding hydrogens is 392 g/mol. The molecule has 0 saturated carbocycles. The number of fused-ring (bicyclic) bond motifs is 1. The molecule has 1 atom stereocenters. The lowest BCUT2D eigenvalue weighted by Gasteiger charge is -2.31. The summed E-state index contributed by atoms with van der Waals surface area (Å²) in [6.07, 6.45) is -1.04. The molecular formula is C18H17Cl2F3OS. The van der Waals surface area contributed by atoms with Crippen molar-refractivity contribution in [1.29, 1.82) is 0 Å². The van der Waals surface area contributed by atoms with E-state index in [1.807, 2.05) is 5.38 Å². The van der Waals surface area contributed by atoms with Crippen molar-refractivity contribution in [2.75, 3.05) is 0 Å². The number of hydrogen-bond donors (Lipinski definition) is 1. The second-order valence-electron chi connectivity index (χ2n) is 6.39. The third-order valence-corrected chi connectivity index (χ3v) is 6.29. The van der Waals surface area contributed by atoms with E-state index in [4.69, 9.17) is 23.2 Å². The molecule has 1 nitrogen and oxygen atoms in total. The minimum Gasteiger partial charge on any atom is -0.376 e. The molecule has 1 aromatic carbocycles. The number of rotatable bonds is 4. The summed E-state index contributed by atoms with van der Waals surface area (Å²) in [5, 5.41) is 12.7. The van der Waals surface area contributed by atoms with Crippen molar-refractivity contribution in [3.8, 4) is 0 Å². The molecule has 0 amide bonds. The zero-order chi connectivity index (χ0) is 18.2. The number of benzene rings is 1. The van der Waals surface area contributed by atoms with Gasteiger partial charge in [0.2, 0.25) is 0 Å². The van der Waals surface area contributed by atoms with Gasteiger partial charge in [0.05, 0.1) is 0 Å². The van der Waals surface area contributed by atoms with E-state index < -0.39 is 18.2 Å². The van der Waals surface area contributed by atoms with Gasteiger partial charge in [-0.05, 0) is 78.8 Å². The number of aryl methyl sites for hydroxylation is 2. The van der Waals surface area contributed by atoms with Gasteiger partial charge >= 0.3 is 6.18 Å². The van der Waals surface area contributed by atoms with Crippen LogP contribution in [0, 0.1) is 0 Å². The van der Waals surface area contributed by atoms with Crippen LogP contribution < -0.4 is 0 Å². The van der Waals surface area contributed by atoms with E-state index in [2.05, 4.69) is 0 Å². The first-order chi connectivity index (χ1) is 11.7. The fraction of sp³-hybridized carbons (Fsp3) is 0.444. The van der Waals surface area contributed by atoms with Crippen molar-refractivity contribution in [3.63, 3.8) is 0 Å². The van der Waals surface area contributed by atoms with Gasteiger partial charge < -0.3 is 5.11 Å². The van der Waals surface area contributed by atoms with Gasteiger partial charge in [-0.25, -0.2) is 0 Å². The molecule has 0 fully saturated rings. The summed E-state index contributed by atoms with van der Waals surface area (Å²) in [5.41, 5.74) is -0.881. The van der Waals surface area contributed by atoms with Gasteiger partial charge in [0.25, 0.3) is 0 Å². The number of aliphatic hydroxyl groups is 1. The van der Waals surface area contributed by atoms with E-state index in [-0.39, 0.29) is 22.0 Å². The Balaban J connectivity index is 1.90. The quantitative estimate of drug-likeness (QED) is 0.627. The summed E-state index contributed by atoms with van der Waals surface area (Å²) in [7, 11) is 0. The van der Waals surface area contributed by atoms with E-state index in [1.165, 1.54) is 28.5 Å². The van der Waals surface area contributed by atoms with E-state index in [9.17, 15) is 18.3 Å². The van der Waals surface area contributed by atoms with Crippen molar-refractivity contribution >= 4 is 34.5 Å². The zero-order valence-electron chi connectivity index (χ0n) is 13.3. The van der Waals surface area contributed by atoms with E-state index in [0.29, 0.717) is 0 Å². The minimum atomic E-state index is -4.82. The Morgan fingerprint density at radius 3 is 2.32 bits per heavy atom. The van der Waals surface area contributed by atoms with Crippen LogP contribution in [-0.2, 0) is 24.9 Å². The van der Waals surface area contributed by atoms with Crippen molar-refractivity contribution in [1.82, 2.24) is 0 Å². The fourth-order valence-electron chi connectivity index (χ4n) is 3.34. The SMILES string of the molecule is OC(CCc1scc2c1CCCC2)(c1cc(Cl)cc(Cl)c1)C(F)(F)F. The lowest BCUT2D eigenvalue weighted by Crippen LogP contribution is -2.42. The molecule has 7 heteroatoms. The molecule has 1 aliphatic carbocycles. The van der Waals surface area contributed by atoms with Crippen molar-refractivity contribution in [2.24, 2.45) is 0 Å². The highest BCUT2D eigenvalue weighted by molar-refractivity contribution is 7.10. The molecule has 0 saturated heterocycles. The fourth-order valence-corrected chi connectivity index (χ4v) is 5.00. The van der Waals surface area contributed by atoms with Crippen LogP contribution in [0.3, 0.4) is 0 Å². The highest BCUT2D eigenvalue weighted by Crippen LogP contribution is 2.44. The third kappa shape index (κ3) is 3.85. The van der Waals surface area contributed by atoms with Gasteiger partial charge in [-0.1, -0.05) is 23.2 Å². The first-order valence-electron chi connectivity index (χ1n) is 8.04. The van der Waals surface area contributed by atoms with Crippen molar-refractivity contribution < 1.29 is 18.3 Å². The molecule has 0 spiro atoms. The molecule has 136 valence electrons. The highest BCUT2D eigenvalue weighted by atomic mass is 35.5. The summed E-state index contributed by atoms with van der Waals surface area (Å²) in [6.45, 7) is 0. The van der Waals surface area contributed by atoms with Crippen molar-refractivity contribution in [2.45, 2.75) is 50.3 Å². The average Bonchev–Trinajstić information content (AvgIpc) is 2.94. The van der Waals surface area contributed by atoms with Gasteiger partial charge in [-0.15, -0.1) is 11.3 Å². The van der Waals surface area contributed by atoms with E-state index in [1.54, 1.807) is 0 Å². The van der Waals surface area contributed by atoms with Crippen LogP contribution in [0.4, 0.5) is 13.2 Å². The largest absolute Gasteiger partial charge is 0.421 e. The van der Waals surface area contributed by atoms with Crippen LogP contribution in [0.1, 0.15) is 40.8 Å². The lowest BCUT2D eigenvalue weighted by atomic mass is 9.86. The summed E-state index contributed by atoms with van der Waals surface area (Å²) in [4.78, 5) is 0.936. The molecule has 25 heavy (non-hydrogen) atoms. The second kappa shape index (κ2) is 7.10. The number of alkyl halides is 3. The topological polar surface area (TPSA) is 20.2 Å². The van der Waals surface area contributed by atoms with Crippen LogP contribution in [0.25, 0.3) is 0 Å². The predicted molar refractivity (Wildman–Crippen MR) is 95.7 cm³/mol. The number of halogens is 5. The average molecular weight is 409 g/mol. The summed E-state index contributed by atoms with van der Waals surface area (Å²) in [6, 6.07) is 3.61. The van der Waals surface area contributed by atoms with Crippen LogP contribution in [0.2, 0.25) is 10.0 Å². The molecule has 3 rings (SSSR count). The van der Waals surface area contributed by atoms with Crippen LogP contribution in [0.15, 0.2) is 23.6 Å². The van der Waals surface area contributed by atoms with Gasteiger partial charge in [0.15, 0.2) is 5.60 Å². The Hall–Kier alpha value is -0.750. The molecule has 0 bridgehead atoms. The predicted octanol–water partition coefficient (Wildman–Crippen LogP) is 6.32. The van der Waals surface area contributed by atoms with Crippen LogP contribution in [0.5, 0.6) is 0 Å². The minimum absolute atomic E-state index is 0.0682. The van der Waals surface area contributed by atoms with Crippen LogP contribution >= 0.6 is 34.5 Å². The Labute approximate surface area is 158 Å². The van der Waals surface area contributed by atoms with Gasteiger partial charge in [0, 0.05) is 14.9 Å². The Morgan fingerprint density at radius 1 is 1.04 bits per heavy atom. The summed E-state index contributed by atoms with van der Waals surface area (Å²) >= 11 is 13.2.